The summed E-state index contributed by atoms with van der Waals surface area (Å²) in [6, 6.07) is 41.2. The van der Waals surface area contributed by atoms with Gasteiger partial charge in [-0.25, -0.2) is 4.98 Å². The fourth-order valence-corrected chi connectivity index (χ4v) is 6.25. The van der Waals surface area contributed by atoms with Crippen LogP contribution in [0.4, 0.5) is 5.82 Å². The van der Waals surface area contributed by atoms with Gasteiger partial charge in [0.25, 0.3) is 0 Å². The molecule has 4 aromatic carbocycles. The van der Waals surface area contributed by atoms with E-state index in [0.29, 0.717) is 17.7 Å². The number of fused-ring (bicyclic) bond motifs is 1. The largest absolute Gasteiger partial charge is 0.384 e. The van der Waals surface area contributed by atoms with E-state index in [-0.39, 0.29) is 0 Å². The Morgan fingerprint density at radius 2 is 1.32 bits per heavy atom. The first-order valence-corrected chi connectivity index (χ1v) is 13.8. The summed E-state index contributed by atoms with van der Waals surface area (Å²) >= 11 is 0. The molecule has 0 unspecified atom stereocenters. The second-order valence-electron chi connectivity index (χ2n) is 10.5. The summed E-state index contributed by atoms with van der Waals surface area (Å²) in [5.74, 6) is 1.69. The highest BCUT2D eigenvalue weighted by molar-refractivity contribution is 5.97. The summed E-state index contributed by atoms with van der Waals surface area (Å²) in [6.45, 7) is 3.40. The van der Waals surface area contributed by atoms with Gasteiger partial charge in [-0.05, 0) is 77.9 Å². The third-order valence-corrected chi connectivity index (χ3v) is 8.18. The van der Waals surface area contributed by atoms with Crippen molar-refractivity contribution >= 4 is 16.6 Å². The molecule has 0 amide bonds. The highest BCUT2D eigenvalue weighted by Gasteiger charge is 2.28. The summed E-state index contributed by atoms with van der Waals surface area (Å²) in [6.07, 6.45) is 3.51. The van der Waals surface area contributed by atoms with Crippen LogP contribution in [0.2, 0.25) is 0 Å². The Labute approximate surface area is 226 Å². The molecule has 5 aromatic rings. The number of nitrogens with zero attached hydrogens (tertiary/aromatic N) is 2. The van der Waals surface area contributed by atoms with E-state index in [9.17, 15) is 0 Å². The number of hydrogen-bond acceptors (Lipinski definition) is 3. The molecule has 1 fully saturated rings. The molecule has 2 heterocycles. The van der Waals surface area contributed by atoms with Crippen molar-refractivity contribution in [2.24, 2.45) is 5.92 Å². The van der Waals surface area contributed by atoms with Gasteiger partial charge in [0.15, 0.2) is 0 Å². The lowest BCUT2D eigenvalue weighted by Gasteiger charge is -2.36. The van der Waals surface area contributed by atoms with Crippen molar-refractivity contribution in [2.45, 2.75) is 25.2 Å². The summed E-state index contributed by atoms with van der Waals surface area (Å²) in [7, 11) is 0. The zero-order chi connectivity index (χ0) is 25.7. The predicted octanol–water partition coefficient (Wildman–Crippen LogP) is 7.57. The Kier molecular flexibility index (Phi) is 7.19. The summed E-state index contributed by atoms with van der Waals surface area (Å²) < 4.78 is 0. The molecular formula is C35H35N3. The molecule has 0 aliphatic carbocycles. The van der Waals surface area contributed by atoms with Gasteiger partial charge in [-0.1, -0.05) is 103 Å². The molecule has 0 radical (unpaired) electrons. The SMILES string of the molecule is Nc1cccc(-c2ccc(CCN3CCC(C(c4ccccc4)c4ccccc4)CC3)c3ccccc23)n1. The molecular weight excluding hydrogens is 462 g/mol. The van der Waals surface area contributed by atoms with Crippen molar-refractivity contribution in [3.8, 4) is 11.3 Å². The number of piperidine rings is 1. The Morgan fingerprint density at radius 3 is 1.97 bits per heavy atom. The van der Waals surface area contributed by atoms with E-state index in [4.69, 9.17) is 5.73 Å². The van der Waals surface area contributed by atoms with Crippen LogP contribution >= 0.6 is 0 Å². The quantitative estimate of drug-likeness (QED) is 0.252. The zero-order valence-electron chi connectivity index (χ0n) is 21.8. The maximum Gasteiger partial charge on any atom is 0.124 e. The lowest BCUT2D eigenvalue weighted by molar-refractivity contribution is 0.177. The van der Waals surface area contributed by atoms with Crippen molar-refractivity contribution in [3.05, 3.63) is 132 Å². The molecule has 1 aliphatic rings. The van der Waals surface area contributed by atoms with Gasteiger partial charge in [0.05, 0.1) is 5.69 Å². The number of nitrogens with two attached hydrogens (primary N) is 1. The molecule has 1 aliphatic heterocycles. The number of anilines is 1. The number of nitrogen functional groups attached to an aromatic ring is 1. The van der Waals surface area contributed by atoms with Crippen molar-refractivity contribution in [3.63, 3.8) is 0 Å². The van der Waals surface area contributed by atoms with Crippen molar-refractivity contribution in [1.29, 1.82) is 0 Å². The van der Waals surface area contributed by atoms with Crippen LogP contribution < -0.4 is 5.73 Å². The molecule has 3 nitrogen and oxygen atoms in total. The average Bonchev–Trinajstić information content (AvgIpc) is 2.98. The van der Waals surface area contributed by atoms with Gasteiger partial charge in [0, 0.05) is 18.0 Å². The predicted molar refractivity (Wildman–Crippen MR) is 159 cm³/mol. The smallest absolute Gasteiger partial charge is 0.124 e. The van der Waals surface area contributed by atoms with Gasteiger partial charge < -0.3 is 10.6 Å². The first-order valence-electron chi connectivity index (χ1n) is 13.8. The van der Waals surface area contributed by atoms with E-state index >= 15 is 0 Å². The topological polar surface area (TPSA) is 42.1 Å². The number of rotatable bonds is 7. The van der Waals surface area contributed by atoms with E-state index in [2.05, 4.69) is 107 Å². The Balaban J connectivity index is 1.16. The van der Waals surface area contributed by atoms with Crippen molar-refractivity contribution in [2.75, 3.05) is 25.4 Å². The summed E-state index contributed by atoms with van der Waals surface area (Å²) in [4.78, 5) is 7.24. The fraction of sp³-hybridized carbons (Fsp3) is 0.229. The molecule has 0 atom stereocenters. The van der Waals surface area contributed by atoms with E-state index in [1.54, 1.807) is 0 Å². The van der Waals surface area contributed by atoms with Crippen LogP contribution in [-0.4, -0.2) is 29.5 Å². The number of likely N-dealkylation sites (tertiary alicyclic amines) is 1. The average molecular weight is 498 g/mol. The van der Waals surface area contributed by atoms with Crippen LogP contribution in [0.3, 0.4) is 0 Å². The first kappa shape index (κ1) is 24.4. The van der Waals surface area contributed by atoms with Gasteiger partial charge in [0.1, 0.15) is 5.82 Å². The second-order valence-corrected chi connectivity index (χ2v) is 10.5. The molecule has 6 rings (SSSR count). The van der Waals surface area contributed by atoms with Gasteiger partial charge >= 0.3 is 0 Å². The maximum absolute atomic E-state index is 5.98. The highest BCUT2D eigenvalue weighted by atomic mass is 15.1. The second kappa shape index (κ2) is 11.2. The number of aromatic nitrogens is 1. The minimum atomic E-state index is 0.469. The molecule has 0 bridgehead atoms. The fourth-order valence-electron chi connectivity index (χ4n) is 6.25. The van der Waals surface area contributed by atoms with E-state index in [1.165, 1.54) is 40.3 Å². The van der Waals surface area contributed by atoms with Crippen LogP contribution in [0.5, 0.6) is 0 Å². The standard InChI is InChI=1S/C35H35N3/c36-34-17-9-16-33(37-34)32-19-18-26(30-14-7-8-15-31(30)32)20-23-38-24-21-29(22-25-38)35(27-10-3-1-4-11-27)28-12-5-2-6-13-28/h1-19,29,35H,20-25H2,(H2,36,37). The molecule has 1 saturated heterocycles. The zero-order valence-corrected chi connectivity index (χ0v) is 21.8. The van der Waals surface area contributed by atoms with Gasteiger partial charge in [0.2, 0.25) is 0 Å². The minimum Gasteiger partial charge on any atom is -0.384 e. The summed E-state index contributed by atoms with van der Waals surface area (Å²) in [5, 5.41) is 2.56. The lowest BCUT2D eigenvalue weighted by atomic mass is 9.76. The maximum atomic E-state index is 5.98. The molecule has 38 heavy (non-hydrogen) atoms. The molecule has 2 N–H and O–H groups in total. The van der Waals surface area contributed by atoms with E-state index < -0.39 is 0 Å². The number of benzene rings is 4. The molecule has 0 spiro atoms. The Bertz CT molecular complexity index is 1450. The monoisotopic (exact) mass is 497 g/mol. The highest BCUT2D eigenvalue weighted by Crippen LogP contribution is 2.38. The van der Waals surface area contributed by atoms with Crippen molar-refractivity contribution in [1.82, 2.24) is 9.88 Å². The molecule has 1 aromatic heterocycles. The Morgan fingerprint density at radius 1 is 0.684 bits per heavy atom. The number of hydrogen-bond donors (Lipinski definition) is 1. The molecule has 3 heteroatoms. The molecule has 190 valence electrons. The van der Waals surface area contributed by atoms with Crippen LogP contribution in [0, 0.1) is 5.92 Å². The third-order valence-electron chi connectivity index (χ3n) is 8.18. The van der Waals surface area contributed by atoms with Gasteiger partial charge in [-0.15, -0.1) is 0 Å². The van der Waals surface area contributed by atoms with Crippen LogP contribution in [0.25, 0.3) is 22.0 Å². The molecule has 0 saturated carbocycles. The normalized spacial score (nSPS) is 14.8. The van der Waals surface area contributed by atoms with Crippen LogP contribution in [0.15, 0.2) is 115 Å². The van der Waals surface area contributed by atoms with Crippen LogP contribution in [0.1, 0.15) is 35.4 Å². The van der Waals surface area contributed by atoms with E-state index in [0.717, 1.165) is 37.3 Å². The summed E-state index contributed by atoms with van der Waals surface area (Å²) in [5.41, 5.74) is 12.3. The third kappa shape index (κ3) is 5.20. The van der Waals surface area contributed by atoms with Crippen LogP contribution in [-0.2, 0) is 6.42 Å². The lowest BCUT2D eigenvalue weighted by Crippen LogP contribution is -2.37. The number of pyridine rings is 1. The van der Waals surface area contributed by atoms with Crippen molar-refractivity contribution < 1.29 is 0 Å². The van der Waals surface area contributed by atoms with Gasteiger partial charge in [-0.3, -0.25) is 0 Å². The Hall–Kier alpha value is -3.95. The van der Waals surface area contributed by atoms with Gasteiger partial charge in [-0.2, -0.15) is 0 Å². The minimum absolute atomic E-state index is 0.469. The van der Waals surface area contributed by atoms with E-state index in [1.807, 2.05) is 18.2 Å². The first-order chi connectivity index (χ1) is 18.8.